The van der Waals surface area contributed by atoms with Gasteiger partial charge in [-0.05, 0) is 12.2 Å². The Morgan fingerprint density at radius 3 is 1.33 bits per heavy atom. The van der Waals surface area contributed by atoms with Gasteiger partial charge in [0.1, 0.15) is 0 Å². The minimum Gasteiger partial charge on any atom is -0.377 e. The number of nitrogens with two attached hydrogens (primary N) is 2. The van der Waals surface area contributed by atoms with Crippen LogP contribution in [0, 0.1) is 0 Å². The standard InChI is InChI=1S/CH4N2S.H2O2/c2-1(3)4;1-2/h(H4,2,3,4);1-2H. The highest BCUT2D eigenvalue weighted by molar-refractivity contribution is 7.80. The summed E-state index contributed by atoms with van der Waals surface area (Å²) in [5.74, 6) is 0. The van der Waals surface area contributed by atoms with Crippen molar-refractivity contribution in [3.8, 4) is 0 Å². The molecule has 0 aliphatic rings. The van der Waals surface area contributed by atoms with Gasteiger partial charge in [0.2, 0.25) is 0 Å². The molecule has 4 nitrogen and oxygen atoms in total. The van der Waals surface area contributed by atoms with Gasteiger partial charge in [0.25, 0.3) is 0 Å². The van der Waals surface area contributed by atoms with E-state index in [0.717, 1.165) is 0 Å². The second kappa shape index (κ2) is 8.82. The van der Waals surface area contributed by atoms with Gasteiger partial charge < -0.3 is 11.5 Å². The number of thiocarbonyl (C=S) groups is 1. The molecule has 0 spiro atoms. The van der Waals surface area contributed by atoms with Crippen LogP contribution in [0.3, 0.4) is 0 Å². The maximum Gasteiger partial charge on any atom is 0.160 e. The van der Waals surface area contributed by atoms with Gasteiger partial charge >= 0.3 is 0 Å². The molecule has 0 saturated heterocycles. The summed E-state index contributed by atoms with van der Waals surface area (Å²) >= 11 is 4.09. The normalized spacial score (nSPS) is 5.00. The Bertz CT molecular complexity index is 34.5. The summed E-state index contributed by atoms with van der Waals surface area (Å²) < 4.78 is 0. The topological polar surface area (TPSA) is 92.5 Å². The van der Waals surface area contributed by atoms with Crippen molar-refractivity contribution in [3.63, 3.8) is 0 Å². The fourth-order valence-corrected chi connectivity index (χ4v) is 0. The first-order valence-electron chi connectivity index (χ1n) is 0.981. The van der Waals surface area contributed by atoms with Gasteiger partial charge in [-0.1, -0.05) is 0 Å². The highest BCUT2D eigenvalue weighted by atomic mass is 32.1. The number of hydrogen-bond acceptors (Lipinski definition) is 3. The second-order valence-corrected chi connectivity index (χ2v) is 0.874. The molecule has 6 heavy (non-hydrogen) atoms. The Balaban J connectivity index is 0. The molecule has 0 fully saturated rings. The largest absolute Gasteiger partial charge is 0.377 e. The van der Waals surface area contributed by atoms with Crippen LogP contribution in [0.15, 0.2) is 0 Å². The Labute approximate surface area is 40.3 Å². The van der Waals surface area contributed by atoms with Gasteiger partial charge in [0.15, 0.2) is 5.11 Å². The van der Waals surface area contributed by atoms with Crippen molar-refractivity contribution in [3.05, 3.63) is 0 Å². The third kappa shape index (κ3) is 162. The van der Waals surface area contributed by atoms with Crippen LogP contribution >= 0.6 is 12.2 Å². The summed E-state index contributed by atoms with van der Waals surface area (Å²) in [6, 6.07) is 0. The van der Waals surface area contributed by atoms with Gasteiger partial charge in [-0.25, -0.2) is 0 Å². The third-order valence-corrected chi connectivity index (χ3v) is 0. The maximum atomic E-state index is 6.00. The van der Waals surface area contributed by atoms with Crippen LogP contribution in [-0.4, -0.2) is 15.6 Å². The zero-order valence-electron chi connectivity index (χ0n) is 2.96. The van der Waals surface area contributed by atoms with E-state index in [0.29, 0.717) is 0 Å². The molecule has 6 N–H and O–H groups in total. The van der Waals surface area contributed by atoms with E-state index < -0.39 is 0 Å². The van der Waals surface area contributed by atoms with Gasteiger partial charge in [-0.2, -0.15) is 0 Å². The van der Waals surface area contributed by atoms with E-state index >= 15 is 0 Å². The lowest BCUT2D eigenvalue weighted by molar-refractivity contribution is -0.176. The van der Waals surface area contributed by atoms with Gasteiger partial charge in [-0.3, -0.25) is 10.5 Å². The van der Waals surface area contributed by atoms with Crippen molar-refractivity contribution in [2.75, 3.05) is 0 Å². The summed E-state index contributed by atoms with van der Waals surface area (Å²) in [5, 5.41) is 12.0. The van der Waals surface area contributed by atoms with Crippen LogP contribution in [-0.2, 0) is 0 Å². The molecule has 0 rings (SSSR count). The fourth-order valence-electron chi connectivity index (χ4n) is 0. The monoisotopic (exact) mass is 110 g/mol. The van der Waals surface area contributed by atoms with Crippen molar-refractivity contribution in [2.24, 2.45) is 11.5 Å². The SMILES string of the molecule is NC(N)=S.OO. The molecule has 0 unspecified atom stereocenters. The zero-order valence-corrected chi connectivity index (χ0v) is 3.77. The molecule has 0 saturated carbocycles. The third-order valence-electron chi connectivity index (χ3n) is 0. The van der Waals surface area contributed by atoms with Crippen molar-refractivity contribution >= 4 is 17.3 Å². The number of rotatable bonds is 0. The van der Waals surface area contributed by atoms with E-state index in [1.807, 2.05) is 0 Å². The molecule has 0 atom stereocenters. The minimum absolute atomic E-state index is 0.000000000000000222. The van der Waals surface area contributed by atoms with Crippen LogP contribution in [0.2, 0.25) is 0 Å². The average Bonchev–Trinajstić information content (AvgIpc) is 1.41. The summed E-state index contributed by atoms with van der Waals surface area (Å²) in [7, 11) is 0. The van der Waals surface area contributed by atoms with E-state index in [9.17, 15) is 0 Å². The predicted molar refractivity (Wildman–Crippen MR) is 26.2 cm³/mol. The Morgan fingerprint density at radius 2 is 1.33 bits per heavy atom. The van der Waals surface area contributed by atoms with Gasteiger partial charge in [0.05, 0.1) is 0 Å². The van der Waals surface area contributed by atoms with Gasteiger partial charge in [0, 0.05) is 0 Å². The molecule has 0 amide bonds. The molecule has 0 aliphatic carbocycles. The molecular weight excluding hydrogens is 104 g/mol. The predicted octanol–water partition coefficient (Wildman–Crippen LogP) is -0.794. The van der Waals surface area contributed by atoms with Crippen LogP contribution in [0.1, 0.15) is 0 Å². The van der Waals surface area contributed by atoms with Gasteiger partial charge in [-0.15, -0.1) is 0 Å². The van der Waals surface area contributed by atoms with Crippen LogP contribution in [0.25, 0.3) is 0 Å². The number of hydrogen-bond donors (Lipinski definition) is 4. The van der Waals surface area contributed by atoms with E-state index in [-0.39, 0.29) is 5.11 Å². The van der Waals surface area contributed by atoms with E-state index in [1.54, 1.807) is 0 Å². The molecule has 38 valence electrons. The Kier molecular flexibility index (Phi) is 13.4. The molecule has 0 aromatic heterocycles. The second-order valence-electron chi connectivity index (χ2n) is 0.402. The van der Waals surface area contributed by atoms with E-state index in [2.05, 4.69) is 23.7 Å². The van der Waals surface area contributed by atoms with Crippen molar-refractivity contribution in [2.45, 2.75) is 0 Å². The molecular formula is CH6N2O2S. The summed E-state index contributed by atoms with van der Waals surface area (Å²) in [4.78, 5) is 0. The van der Waals surface area contributed by atoms with E-state index in [1.165, 1.54) is 0 Å². The first-order chi connectivity index (χ1) is 2.73. The molecule has 0 aromatic carbocycles. The molecule has 0 bridgehead atoms. The highest BCUT2D eigenvalue weighted by Crippen LogP contribution is 1.32. The van der Waals surface area contributed by atoms with Crippen molar-refractivity contribution in [1.29, 1.82) is 0 Å². The van der Waals surface area contributed by atoms with Crippen LogP contribution < -0.4 is 11.5 Å². The van der Waals surface area contributed by atoms with Crippen molar-refractivity contribution < 1.29 is 10.5 Å². The molecule has 0 heterocycles. The smallest absolute Gasteiger partial charge is 0.160 e. The lowest BCUT2D eigenvalue weighted by Crippen LogP contribution is -2.18. The maximum absolute atomic E-state index is 6.00. The first-order valence-corrected chi connectivity index (χ1v) is 1.39. The highest BCUT2D eigenvalue weighted by Gasteiger charge is 1.53. The molecule has 0 aliphatic heterocycles. The first kappa shape index (κ1) is 9.15. The van der Waals surface area contributed by atoms with Crippen LogP contribution in [0.4, 0.5) is 0 Å². The Morgan fingerprint density at radius 1 is 1.33 bits per heavy atom. The summed E-state index contributed by atoms with van der Waals surface area (Å²) in [6.45, 7) is 0. The minimum atomic E-state index is 0.000000000000000222. The quantitative estimate of drug-likeness (QED) is 0.186. The lowest BCUT2D eigenvalue weighted by Gasteiger charge is -1.68. The zero-order chi connectivity index (χ0) is 5.58. The summed E-state index contributed by atoms with van der Waals surface area (Å²) in [6.07, 6.45) is 0. The average molecular weight is 110 g/mol. The molecule has 5 heteroatoms. The molecule has 0 aromatic rings. The van der Waals surface area contributed by atoms with Crippen molar-refractivity contribution in [1.82, 2.24) is 0 Å². The lowest BCUT2D eigenvalue weighted by atomic mass is 11.3. The molecule has 0 radical (unpaired) electrons. The Hall–Kier alpha value is -0.390. The van der Waals surface area contributed by atoms with E-state index in [4.69, 9.17) is 10.5 Å². The summed E-state index contributed by atoms with van der Waals surface area (Å²) in [5.41, 5.74) is 9.24. The fraction of sp³-hybridized carbons (Fsp3) is 0. The van der Waals surface area contributed by atoms with Crippen LogP contribution in [0.5, 0.6) is 0 Å².